The number of aromatic nitrogens is 1. The minimum atomic E-state index is 0. The molecule has 1 aromatic rings. The van der Waals surface area contributed by atoms with E-state index in [1.807, 2.05) is 19.1 Å². The average molecular weight is 408 g/mol. The molecule has 0 N–H and O–H groups in total. The molecule has 3 aliphatic rings. The van der Waals surface area contributed by atoms with Gasteiger partial charge in [-0.1, -0.05) is 52.9 Å². The molecule has 1 aliphatic carbocycles. The van der Waals surface area contributed by atoms with Crippen LogP contribution in [0.5, 0.6) is 0 Å². The van der Waals surface area contributed by atoms with Gasteiger partial charge in [0.1, 0.15) is 0 Å². The smallest absolute Gasteiger partial charge is 0.0594 e. The van der Waals surface area contributed by atoms with E-state index in [2.05, 4.69) is 35.8 Å². The summed E-state index contributed by atoms with van der Waals surface area (Å²) in [5, 5.41) is 0. The van der Waals surface area contributed by atoms with Gasteiger partial charge in [-0.3, -0.25) is 4.98 Å². The fraction of sp³-hybridized carbons (Fsp3) is 0.800. The minimum absolute atomic E-state index is 0. The number of hydrogen-bond acceptors (Lipinski definition) is 4. The van der Waals surface area contributed by atoms with Gasteiger partial charge in [0.15, 0.2) is 0 Å². The standard InChI is InChI=1S/C7H14.C6H7N.C6H13N.C5H11NO.CH4/c1-7-5-3-2-4-6-7;1-6-2-4-7-5-3-6;1-7-5-3-2-4-6-7;1-6-2-4-7-5-3-6;/h7H,2-6H2,1H3;2-5H,1H3;2-6H2,1H3;2-5H2,1H3;1H4. The molecule has 3 fully saturated rings. The van der Waals surface area contributed by atoms with Crippen molar-refractivity contribution in [2.45, 2.75) is 72.6 Å². The molecular formula is C25H49N3O. The topological polar surface area (TPSA) is 28.6 Å². The molecule has 0 spiro atoms. The molecule has 4 rings (SSSR count). The zero-order chi connectivity index (χ0) is 20.5. The molecule has 0 radical (unpaired) electrons. The Kier molecular flexibility index (Phi) is 18.4. The third-order valence-corrected chi connectivity index (χ3v) is 5.56. The summed E-state index contributed by atoms with van der Waals surface area (Å²) in [6.07, 6.45) is 15.3. The first-order chi connectivity index (χ1) is 13.6. The van der Waals surface area contributed by atoms with Gasteiger partial charge in [0.2, 0.25) is 0 Å². The normalized spacial score (nSPS) is 20.4. The maximum Gasteiger partial charge on any atom is 0.0594 e. The lowest BCUT2D eigenvalue weighted by Crippen LogP contribution is -2.32. The Balaban J connectivity index is 0.000000356. The van der Waals surface area contributed by atoms with Crippen molar-refractivity contribution in [3.05, 3.63) is 30.1 Å². The van der Waals surface area contributed by atoms with Gasteiger partial charge >= 0.3 is 0 Å². The lowest BCUT2D eigenvalue weighted by Gasteiger charge is -2.21. The van der Waals surface area contributed by atoms with Gasteiger partial charge in [0, 0.05) is 25.5 Å². The van der Waals surface area contributed by atoms with Crippen LogP contribution < -0.4 is 0 Å². The second-order valence-corrected chi connectivity index (χ2v) is 8.55. The lowest BCUT2D eigenvalue weighted by atomic mass is 9.91. The molecule has 0 amide bonds. The SMILES string of the molecule is C.CC1CCCCC1.CN1CCCCC1.CN1CCOCC1.Cc1ccncc1. The van der Waals surface area contributed by atoms with Crippen LogP contribution in [0.1, 0.15) is 71.3 Å². The Labute approximate surface area is 182 Å². The number of piperidine rings is 1. The zero-order valence-electron chi connectivity index (χ0n) is 19.0. The van der Waals surface area contributed by atoms with Crippen molar-refractivity contribution < 1.29 is 4.74 Å². The number of likely N-dealkylation sites (tertiary alicyclic amines) is 1. The van der Waals surface area contributed by atoms with Crippen LogP contribution in [0, 0.1) is 12.8 Å². The van der Waals surface area contributed by atoms with E-state index in [0.29, 0.717) is 0 Å². The molecule has 0 atom stereocenters. The number of pyridine rings is 1. The molecule has 29 heavy (non-hydrogen) atoms. The van der Waals surface area contributed by atoms with E-state index >= 15 is 0 Å². The Bertz CT molecular complexity index is 399. The summed E-state index contributed by atoms with van der Waals surface area (Å²) in [5.41, 5.74) is 1.26. The van der Waals surface area contributed by atoms with Gasteiger partial charge in [-0.05, 0) is 70.6 Å². The molecule has 1 aromatic heterocycles. The van der Waals surface area contributed by atoms with Gasteiger partial charge in [0.05, 0.1) is 13.2 Å². The van der Waals surface area contributed by atoms with Crippen LogP contribution in [-0.2, 0) is 4.74 Å². The quantitative estimate of drug-likeness (QED) is 0.554. The number of rotatable bonds is 0. The summed E-state index contributed by atoms with van der Waals surface area (Å²) >= 11 is 0. The Morgan fingerprint density at radius 2 is 1.28 bits per heavy atom. The predicted octanol–water partition coefficient (Wildman–Crippen LogP) is 5.66. The van der Waals surface area contributed by atoms with E-state index in [0.717, 1.165) is 32.2 Å². The van der Waals surface area contributed by atoms with Gasteiger partial charge < -0.3 is 14.5 Å². The highest BCUT2D eigenvalue weighted by molar-refractivity contribution is 5.05. The molecule has 4 heteroatoms. The molecular weight excluding hydrogens is 358 g/mol. The number of nitrogens with zero attached hydrogens (tertiary/aromatic N) is 3. The lowest BCUT2D eigenvalue weighted by molar-refractivity contribution is 0.0503. The van der Waals surface area contributed by atoms with E-state index in [-0.39, 0.29) is 7.43 Å². The predicted molar refractivity (Wildman–Crippen MR) is 128 cm³/mol. The van der Waals surface area contributed by atoms with Crippen molar-refractivity contribution >= 4 is 0 Å². The Morgan fingerprint density at radius 3 is 1.55 bits per heavy atom. The van der Waals surface area contributed by atoms with E-state index in [1.54, 1.807) is 12.4 Å². The summed E-state index contributed by atoms with van der Waals surface area (Å²) < 4.78 is 5.10. The van der Waals surface area contributed by atoms with Crippen LogP contribution in [-0.4, -0.2) is 68.3 Å². The molecule has 2 aliphatic heterocycles. The Hall–Kier alpha value is -0.970. The first-order valence-electron chi connectivity index (χ1n) is 11.4. The molecule has 3 heterocycles. The maximum atomic E-state index is 5.10. The Morgan fingerprint density at radius 1 is 0.793 bits per heavy atom. The zero-order valence-corrected chi connectivity index (χ0v) is 19.0. The summed E-state index contributed by atoms with van der Waals surface area (Å²) in [5.74, 6) is 1.04. The van der Waals surface area contributed by atoms with Gasteiger partial charge in [-0.25, -0.2) is 0 Å². The fourth-order valence-corrected chi connectivity index (χ4v) is 3.44. The van der Waals surface area contributed by atoms with Crippen molar-refractivity contribution in [2.75, 3.05) is 53.5 Å². The molecule has 0 aromatic carbocycles. The van der Waals surface area contributed by atoms with Crippen LogP contribution >= 0.6 is 0 Å². The number of morpholine rings is 1. The van der Waals surface area contributed by atoms with E-state index < -0.39 is 0 Å². The van der Waals surface area contributed by atoms with Crippen LogP contribution in [0.3, 0.4) is 0 Å². The van der Waals surface area contributed by atoms with Crippen LogP contribution in [0.15, 0.2) is 24.5 Å². The summed E-state index contributed by atoms with van der Waals surface area (Å²) in [7, 11) is 4.31. The van der Waals surface area contributed by atoms with Gasteiger partial charge in [-0.15, -0.1) is 0 Å². The molecule has 2 saturated heterocycles. The number of aryl methyl sites for hydroxylation is 1. The number of likely N-dealkylation sites (N-methyl/N-ethyl adjacent to an activating group) is 1. The molecule has 1 saturated carbocycles. The maximum absolute atomic E-state index is 5.10. The summed E-state index contributed by atoms with van der Waals surface area (Å²) in [6.45, 7) is 11.1. The van der Waals surface area contributed by atoms with Crippen LogP contribution in [0.25, 0.3) is 0 Å². The molecule has 4 nitrogen and oxygen atoms in total. The number of ether oxygens (including phenoxy) is 1. The summed E-state index contributed by atoms with van der Waals surface area (Å²) in [4.78, 5) is 8.51. The largest absolute Gasteiger partial charge is 0.379 e. The highest BCUT2D eigenvalue weighted by atomic mass is 16.5. The van der Waals surface area contributed by atoms with E-state index in [9.17, 15) is 0 Å². The van der Waals surface area contributed by atoms with E-state index in [1.165, 1.54) is 70.0 Å². The second kappa shape index (κ2) is 19.0. The first-order valence-corrected chi connectivity index (χ1v) is 11.4. The minimum Gasteiger partial charge on any atom is -0.379 e. The van der Waals surface area contributed by atoms with Crippen molar-refractivity contribution in [3.63, 3.8) is 0 Å². The second-order valence-electron chi connectivity index (χ2n) is 8.55. The summed E-state index contributed by atoms with van der Waals surface area (Å²) in [6, 6.07) is 3.94. The third kappa shape index (κ3) is 17.6. The van der Waals surface area contributed by atoms with Gasteiger partial charge in [0.25, 0.3) is 0 Å². The van der Waals surface area contributed by atoms with Gasteiger partial charge in [-0.2, -0.15) is 0 Å². The molecule has 0 unspecified atom stereocenters. The average Bonchev–Trinajstić information content (AvgIpc) is 2.72. The highest BCUT2D eigenvalue weighted by Crippen LogP contribution is 2.22. The van der Waals surface area contributed by atoms with Crippen molar-refractivity contribution in [2.24, 2.45) is 5.92 Å². The number of hydrogen-bond donors (Lipinski definition) is 0. The molecule has 0 bridgehead atoms. The van der Waals surface area contributed by atoms with Crippen LogP contribution in [0.4, 0.5) is 0 Å². The van der Waals surface area contributed by atoms with Crippen molar-refractivity contribution in [1.29, 1.82) is 0 Å². The monoisotopic (exact) mass is 407 g/mol. The van der Waals surface area contributed by atoms with Crippen molar-refractivity contribution in [1.82, 2.24) is 14.8 Å². The highest BCUT2D eigenvalue weighted by Gasteiger charge is 2.06. The first kappa shape index (κ1) is 28.0. The molecule has 170 valence electrons. The van der Waals surface area contributed by atoms with Crippen LogP contribution in [0.2, 0.25) is 0 Å². The van der Waals surface area contributed by atoms with E-state index in [4.69, 9.17) is 4.74 Å². The third-order valence-electron chi connectivity index (χ3n) is 5.56. The van der Waals surface area contributed by atoms with Crippen molar-refractivity contribution in [3.8, 4) is 0 Å². The fourth-order valence-electron chi connectivity index (χ4n) is 3.44.